The van der Waals surface area contributed by atoms with Gasteiger partial charge >= 0.3 is 5.97 Å². The number of esters is 1. The second-order valence-electron chi connectivity index (χ2n) is 5.65. The number of hydrogen-bond acceptors (Lipinski definition) is 4. The zero-order valence-electron chi connectivity index (χ0n) is 12.8. The SMILES string of the molecule is COC(=O)C(C)(C)c1ccccc1-c1ccc(C(C)N)s1. The fourth-order valence-electron chi connectivity index (χ4n) is 2.35. The van der Waals surface area contributed by atoms with Crippen LogP contribution in [0.5, 0.6) is 0 Å². The van der Waals surface area contributed by atoms with Crippen LogP contribution in [0.3, 0.4) is 0 Å². The molecule has 2 N–H and O–H groups in total. The zero-order valence-corrected chi connectivity index (χ0v) is 13.7. The van der Waals surface area contributed by atoms with Crippen LogP contribution in [-0.2, 0) is 14.9 Å². The minimum Gasteiger partial charge on any atom is -0.468 e. The molecule has 0 spiro atoms. The molecule has 1 aromatic carbocycles. The number of ether oxygens (including phenoxy) is 1. The number of hydrogen-bond donors (Lipinski definition) is 1. The Morgan fingerprint density at radius 1 is 1.24 bits per heavy atom. The van der Waals surface area contributed by atoms with E-state index in [1.807, 2.05) is 51.1 Å². The van der Waals surface area contributed by atoms with Crippen molar-refractivity contribution in [2.75, 3.05) is 7.11 Å². The number of methoxy groups -OCH3 is 1. The third-order valence-corrected chi connectivity index (χ3v) is 4.96. The van der Waals surface area contributed by atoms with Crippen LogP contribution in [0, 0.1) is 0 Å². The fourth-order valence-corrected chi connectivity index (χ4v) is 3.35. The van der Waals surface area contributed by atoms with E-state index in [9.17, 15) is 4.79 Å². The summed E-state index contributed by atoms with van der Waals surface area (Å²) in [6, 6.07) is 12.1. The largest absolute Gasteiger partial charge is 0.468 e. The molecule has 0 bridgehead atoms. The maximum atomic E-state index is 12.1. The summed E-state index contributed by atoms with van der Waals surface area (Å²) >= 11 is 1.67. The second kappa shape index (κ2) is 6.00. The summed E-state index contributed by atoms with van der Waals surface area (Å²) in [5.74, 6) is -0.237. The second-order valence-corrected chi connectivity index (χ2v) is 6.77. The molecule has 1 heterocycles. The van der Waals surface area contributed by atoms with Crippen molar-refractivity contribution < 1.29 is 9.53 Å². The molecule has 21 heavy (non-hydrogen) atoms. The van der Waals surface area contributed by atoms with Gasteiger partial charge in [0.15, 0.2) is 0 Å². The van der Waals surface area contributed by atoms with Gasteiger partial charge in [-0.3, -0.25) is 4.79 Å². The van der Waals surface area contributed by atoms with Crippen LogP contribution >= 0.6 is 11.3 Å². The van der Waals surface area contributed by atoms with Gasteiger partial charge in [-0.2, -0.15) is 0 Å². The summed E-state index contributed by atoms with van der Waals surface area (Å²) in [6.45, 7) is 5.75. The van der Waals surface area contributed by atoms with Crippen molar-refractivity contribution in [2.24, 2.45) is 5.73 Å². The summed E-state index contributed by atoms with van der Waals surface area (Å²) in [6.07, 6.45) is 0. The van der Waals surface area contributed by atoms with Crippen LogP contribution in [0.1, 0.15) is 37.3 Å². The molecule has 1 unspecified atom stereocenters. The lowest BCUT2D eigenvalue weighted by Crippen LogP contribution is -2.30. The Morgan fingerprint density at radius 3 is 2.48 bits per heavy atom. The molecule has 0 saturated carbocycles. The third-order valence-electron chi connectivity index (χ3n) is 3.64. The predicted molar refractivity (Wildman–Crippen MR) is 87.4 cm³/mol. The van der Waals surface area contributed by atoms with Gasteiger partial charge < -0.3 is 10.5 Å². The molecule has 0 aliphatic heterocycles. The first-order chi connectivity index (χ1) is 9.87. The molecule has 0 aliphatic rings. The lowest BCUT2D eigenvalue weighted by molar-refractivity contribution is -0.146. The molecule has 2 aromatic rings. The number of carbonyl (C=O) groups excluding carboxylic acids is 1. The van der Waals surface area contributed by atoms with Crippen LogP contribution in [0.2, 0.25) is 0 Å². The van der Waals surface area contributed by atoms with E-state index >= 15 is 0 Å². The Kier molecular flexibility index (Phi) is 4.49. The predicted octanol–water partition coefficient (Wildman–Crippen LogP) is 3.89. The monoisotopic (exact) mass is 303 g/mol. The molecular formula is C17H21NO2S. The van der Waals surface area contributed by atoms with Crippen molar-refractivity contribution in [2.45, 2.75) is 32.2 Å². The number of nitrogens with two attached hydrogens (primary N) is 1. The first-order valence-corrected chi connectivity index (χ1v) is 7.73. The topological polar surface area (TPSA) is 52.3 Å². The maximum absolute atomic E-state index is 12.1. The Labute approximate surface area is 129 Å². The smallest absolute Gasteiger partial charge is 0.315 e. The van der Waals surface area contributed by atoms with E-state index in [2.05, 4.69) is 6.07 Å². The molecule has 0 saturated heterocycles. The highest BCUT2D eigenvalue weighted by atomic mass is 32.1. The van der Waals surface area contributed by atoms with E-state index in [4.69, 9.17) is 10.5 Å². The highest BCUT2D eigenvalue weighted by Gasteiger charge is 2.33. The van der Waals surface area contributed by atoms with Crippen molar-refractivity contribution in [3.63, 3.8) is 0 Å². The number of rotatable bonds is 4. The Morgan fingerprint density at radius 2 is 1.90 bits per heavy atom. The molecule has 0 amide bonds. The first-order valence-electron chi connectivity index (χ1n) is 6.91. The Hall–Kier alpha value is -1.65. The molecule has 0 aliphatic carbocycles. The van der Waals surface area contributed by atoms with Gasteiger partial charge in [0.2, 0.25) is 0 Å². The average Bonchev–Trinajstić information content (AvgIpc) is 2.96. The third kappa shape index (κ3) is 3.01. The van der Waals surface area contributed by atoms with E-state index in [0.717, 1.165) is 20.9 Å². The molecule has 1 aromatic heterocycles. The first kappa shape index (κ1) is 15.7. The molecule has 2 rings (SSSR count). The van der Waals surface area contributed by atoms with Crippen molar-refractivity contribution >= 4 is 17.3 Å². The van der Waals surface area contributed by atoms with Gasteiger partial charge in [-0.1, -0.05) is 24.3 Å². The Bertz CT molecular complexity index is 644. The zero-order chi connectivity index (χ0) is 15.6. The van der Waals surface area contributed by atoms with Crippen LogP contribution in [0.25, 0.3) is 10.4 Å². The van der Waals surface area contributed by atoms with Gasteiger partial charge in [-0.25, -0.2) is 0 Å². The van der Waals surface area contributed by atoms with Gasteiger partial charge in [0.1, 0.15) is 0 Å². The van der Waals surface area contributed by atoms with Crippen LogP contribution in [-0.4, -0.2) is 13.1 Å². The number of carbonyl (C=O) groups is 1. The van der Waals surface area contributed by atoms with Crippen molar-refractivity contribution in [3.05, 3.63) is 46.8 Å². The Balaban J connectivity index is 2.53. The number of benzene rings is 1. The fraction of sp³-hybridized carbons (Fsp3) is 0.353. The van der Waals surface area contributed by atoms with Crippen LogP contribution in [0.4, 0.5) is 0 Å². The van der Waals surface area contributed by atoms with E-state index in [1.54, 1.807) is 11.3 Å². The van der Waals surface area contributed by atoms with Crippen molar-refractivity contribution in [1.29, 1.82) is 0 Å². The van der Waals surface area contributed by atoms with Gasteiger partial charge in [0, 0.05) is 15.8 Å². The molecular weight excluding hydrogens is 282 g/mol. The maximum Gasteiger partial charge on any atom is 0.315 e. The summed E-state index contributed by atoms with van der Waals surface area (Å²) < 4.78 is 4.95. The van der Waals surface area contributed by atoms with E-state index in [0.29, 0.717) is 0 Å². The van der Waals surface area contributed by atoms with E-state index < -0.39 is 5.41 Å². The van der Waals surface area contributed by atoms with Gasteiger partial charge in [-0.05, 0) is 44.0 Å². The minimum atomic E-state index is -0.691. The molecule has 112 valence electrons. The minimum absolute atomic E-state index is 0.0181. The van der Waals surface area contributed by atoms with Crippen LogP contribution in [0.15, 0.2) is 36.4 Å². The van der Waals surface area contributed by atoms with Crippen molar-refractivity contribution in [3.8, 4) is 10.4 Å². The molecule has 1 atom stereocenters. The molecule has 0 fully saturated rings. The van der Waals surface area contributed by atoms with E-state index in [-0.39, 0.29) is 12.0 Å². The van der Waals surface area contributed by atoms with Crippen LogP contribution < -0.4 is 5.73 Å². The highest BCUT2D eigenvalue weighted by Crippen LogP contribution is 2.38. The van der Waals surface area contributed by atoms with E-state index in [1.165, 1.54) is 7.11 Å². The summed E-state index contributed by atoms with van der Waals surface area (Å²) in [4.78, 5) is 14.3. The highest BCUT2D eigenvalue weighted by molar-refractivity contribution is 7.15. The summed E-state index contributed by atoms with van der Waals surface area (Å²) in [5, 5.41) is 0. The lowest BCUT2D eigenvalue weighted by Gasteiger charge is -2.24. The molecule has 0 radical (unpaired) electrons. The lowest BCUT2D eigenvalue weighted by atomic mass is 9.81. The number of thiophene rings is 1. The van der Waals surface area contributed by atoms with Gasteiger partial charge in [0.25, 0.3) is 0 Å². The standard InChI is InChI=1S/C17H21NO2S/c1-11(18)14-9-10-15(21-14)12-7-5-6-8-13(12)17(2,3)16(19)20-4/h5-11H,18H2,1-4H3. The quantitative estimate of drug-likeness (QED) is 0.872. The average molecular weight is 303 g/mol. The van der Waals surface area contributed by atoms with Gasteiger partial charge in [0.05, 0.1) is 12.5 Å². The molecule has 4 heteroatoms. The summed E-state index contributed by atoms with van der Waals surface area (Å²) in [5.41, 5.74) is 7.27. The van der Waals surface area contributed by atoms with Crippen molar-refractivity contribution in [1.82, 2.24) is 0 Å². The van der Waals surface area contributed by atoms with Gasteiger partial charge in [-0.15, -0.1) is 11.3 Å². The molecule has 3 nitrogen and oxygen atoms in total. The summed E-state index contributed by atoms with van der Waals surface area (Å²) in [7, 11) is 1.42. The normalized spacial score (nSPS) is 13.0.